The van der Waals surface area contributed by atoms with Crippen molar-refractivity contribution in [1.82, 2.24) is 24.1 Å². The van der Waals surface area contributed by atoms with Crippen LogP contribution in [0.15, 0.2) is 24.3 Å². The Balaban J connectivity index is 1.14. The number of carbonyl (C=O) groups excluding carboxylic acids is 1. The van der Waals surface area contributed by atoms with Crippen molar-refractivity contribution >= 4 is 21.7 Å². The number of hydrogen-bond donors (Lipinski definition) is 1. The number of nitrogens with zero attached hydrogens (tertiary/aromatic N) is 5. The number of likely N-dealkylation sites (tertiary alicyclic amines) is 2. The molecule has 10 nitrogen and oxygen atoms in total. The number of amides is 1. The average molecular weight is 653 g/mol. The second-order valence-corrected chi connectivity index (χ2v) is 14.5. The van der Waals surface area contributed by atoms with Gasteiger partial charge in [0.1, 0.15) is 17.3 Å². The number of anilines is 1. The van der Waals surface area contributed by atoms with Crippen molar-refractivity contribution in [1.29, 1.82) is 0 Å². The molecule has 1 amide bonds. The maximum absolute atomic E-state index is 13.6. The van der Waals surface area contributed by atoms with Crippen molar-refractivity contribution in [3.63, 3.8) is 0 Å². The van der Waals surface area contributed by atoms with Crippen molar-refractivity contribution in [3.05, 3.63) is 52.5 Å². The largest absolute Gasteiger partial charge is 0.416 e. The van der Waals surface area contributed by atoms with Crippen LogP contribution >= 0.6 is 0 Å². The lowest BCUT2D eigenvalue weighted by molar-refractivity contribution is -0.137. The number of halogens is 3. The molecule has 3 aliphatic heterocycles. The lowest BCUT2D eigenvalue weighted by Crippen LogP contribution is -2.52. The fourth-order valence-electron chi connectivity index (χ4n) is 6.70. The second kappa shape index (κ2) is 13.5. The van der Waals surface area contributed by atoms with Crippen molar-refractivity contribution < 1.29 is 31.1 Å². The number of aromatic nitrogens is 2. The van der Waals surface area contributed by atoms with E-state index in [0.717, 1.165) is 50.9 Å². The minimum atomic E-state index is -4.40. The molecule has 2 unspecified atom stereocenters. The summed E-state index contributed by atoms with van der Waals surface area (Å²) in [7, 11) is -1.55. The number of piperidine rings is 2. The molecule has 0 radical (unpaired) electrons. The van der Waals surface area contributed by atoms with E-state index in [1.54, 1.807) is 20.0 Å². The fraction of sp³-hybridized carbons (Fsp3) is 0.645. The molecular weight excluding hydrogens is 609 g/mol. The van der Waals surface area contributed by atoms with E-state index < -0.39 is 27.9 Å². The van der Waals surface area contributed by atoms with Crippen LogP contribution in [0.25, 0.3) is 0 Å². The summed E-state index contributed by atoms with van der Waals surface area (Å²) in [5, 5.41) is 3.30. The molecule has 0 spiro atoms. The molecule has 4 heterocycles. The summed E-state index contributed by atoms with van der Waals surface area (Å²) >= 11 is 0. The maximum Gasteiger partial charge on any atom is 0.416 e. The van der Waals surface area contributed by atoms with Crippen LogP contribution in [0.2, 0.25) is 0 Å². The molecule has 3 saturated heterocycles. The molecule has 1 aromatic carbocycles. The quantitative estimate of drug-likeness (QED) is 0.447. The van der Waals surface area contributed by atoms with Crippen molar-refractivity contribution in [2.45, 2.75) is 82.8 Å². The Bertz CT molecular complexity index is 1470. The molecule has 45 heavy (non-hydrogen) atoms. The zero-order chi connectivity index (χ0) is 32.5. The first-order chi connectivity index (χ1) is 21.2. The number of alkyl halides is 3. The third kappa shape index (κ3) is 7.95. The Morgan fingerprint density at radius 1 is 1.04 bits per heavy atom. The third-order valence-corrected chi connectivity index (χ3v) is 10.8. The zero-order valence-electron chi connectivity index (χ0n) is 26.3. The first-order valence-corrected chi connectivity index (χ1v) is 17.4. The summed E-state index contributed by atoms with van der Waals surface area (Å²) in [5.74, 6) is 0.890. The summed E-state index contributed by atoms with van der Waals surface area (Å²) in [6, 6.07) is 5.68. The van der Waals surface area contributed by atoms with Crippen LogP contribution < -0.4 is 5.32 Å². The minimum absolute atomic E-state index is 0.0294. The summed E-state index contributed by atoms with van der Waals surface area (Å²) in [6.07, 6.45) is 0.818. The highest BCUT2D eigenvalue weighted by atomic mass is 32.2. The molecular formula is C31H43F3N6O4S. The van der Waals surface area contributed by atoms with Gasteiger partial charge in [-0.2, -0.15) is 13.2 Å². The molecule has 0 bridgehead atoms. The molecule has 2 atom stereocenters. The van der Waals surface area contributed by atoms with Gasteiger partial charge in [-0.1, -0.05) is 12.1 Å². The van der Waals surface area contributed by atoms with Crippen LogP contribution in [-0.4, -0.2) is 103 Å². The highest BCUT2D eigenvalue weighted by molar-refractivity contribution is 7.88. The van der Waals surface area contributed by atoms with Gasteiger partial charge in [0.05, 0.1) is 24.0 Å². The van der Waals surface area contributed by atoms with Gasteiger partial charge in [-0.25, -0.2) is 22.7 Å². The Morgan fingerprint density at radius 3 is 2.38 bits per heavy atom. The van der Waals surface area contributed by atoms with E-state index in [0.29, 0.717) is 67.0 Å². The minimum Gasteiger partial charge on any atom is -0.368 e. The standard InChI is InChI=1S/C31H43F3N6O4S/c1-20-28(30(41)40-16-12-25(13-17-40)39-14-10-24(11-15-39)38(3)45(4,42)43)36-21(2)37-29(20)35-19-26-8-9-27(44-26)22-6-5-7-23(18-22)31(32,33)34/h5-7,18,24-27H,8-17,19H2,1-4H3,(H,35,36,37). The number of hydrogen-bond acceptors (Lipinski definition) is 8. The molecule has 2 aromatic rings. The molecule has 5 rings (SSSR count). The van der Waals surface area contributed by atoms with Crippen LogP contribution in [0.4, 0.5) is 19.0 Å². The van der Waals surface area contributed by atoms with Gasteiger partial charge in [-0.15, -0.1) is 0 Å². The molecule has 3 aliphatic rings. The number of sulfonamides is 1. The lowest BCUT2D eigenvalue weighted by atomic mass is 9.97. The van der Waals surface area contributed by atoms with Crippen LogP contribution in [0.3, 0.4) is 0 Å². The van der Waals surface area contributed by atoms with Gasteiger partial charge in [0.2, 0.25) is 10.0 Å². The molecule has 3 fully saturated rings. The highest BCUT2D eigenvalue weighted by Crippen LogP contribution is 2.36. The van der Waals surface area contributed by atoms with Gasteiger partial charge in [-0.3, -0.25) is 4.79 Å². The van der Waals surface area contributed by atoms with Crippen molar-refractivity contribution in [2.75, 3.05) is 51.3 Å². The monoisotopic (exact) mass is 652 g/mol. The molecule has 1 aromatic heterocycles. The predicted octanol–water partition coefficient (Wildman–Crippen LogP) is 4.40. The lowest BCUT2D eigenvalue weighted by Gasteiger charge is -2.43. The predicted molar refractivity (Wildman–Crippen MR) is 164 cm³/mol. The molecule has 0 saturated carbocycles. The Kier molecular flexibility index (Phi) is 10.1. The smallest absolute Gasteiger partial charge is 0.368 e. The normalized spacial score (nSPS) is 22.7. The maximum atomic E-state index is 13.6. The number of aryl methyl sites for hydroxylation is 1. The number of benzene rings is 1. The Hall–Kier alpha value is -2.81. The van der Waals surface area contributed by atoms with E-state index in [9.17, 15) is 26.4 Å². The summed E-state index contributed by atoms with van der Waals surface area (Å²) < 4.78 is 70.9. The number of nitrogens with one attached hydrogen (secondary N) is 1. The van der Waals surface area contributed by atoms with E-state index in [-0.39, 0.29) is 18.1 Å². The third-order valence-electron chi connectivity index (χ3n) is 9.46. The van der Waals surface area contributed by atoms with Crippen molar-refractivity contribution in [2.24, 2.45) is 0 Å². The molecule has 14 heteroatoms. The molecule has 248 valence electrons. The topological polar surface area (TPSA) is 108 Å². The van der Waals surface area contributed by atoms with Gasteiger partial charge >= 0.3 is 6.18 Å². The van der Waals surface area contributed by atoms with Gasteiger partial charge in [-0.05, 0) is 83.2 Å². The Morgan fingerprint density at radius 2 is 1.73 bits per heavy atom. The van der Waals surface area contributed by atoms with Gasteiger partial charge < -0.3 is 19.9 Å². The van der Waals surface area contributed by atoms with E-state index in [1.165, 1.54) is 16.6 Å². The fourth-order valence-corrected chi connectivity index (χ4v) is 7.46. The summed E-state index contributed by atoms with van der Waals surface area (Å²) in [4.78, 5) is 26.9. The van der Waals surface area contributed by atoms with E-state index in [2.05, 4.69) is 20.2 Å². The van der Waals surface area contributed by atoms with Crippen LogP contribution in [0, 0.1) is 13.8 Å². The van der Waals surface area contributed by atoms with Crippen LogP contribution in [-0.2, 0) is 20.9 Å². The number of ether oxygens (including phenoxy) is 1. The Labute approximate surface area is 263 Å². The zero-order valence-corrected chi connectivity index (χ0v) is 27.1. The molecule has 0 aliphatic carbocycles. The number of carbonyl (C=O) groups is 1. The van der Waals surface area contributed by atoms with E-state index in [4.69, 9.17) is 4.74 Å². The summed E-state index contributed by atoms with van der Waals surface area (Å²) in [6.45, 7) is 6.88. The first kappa shape index (κ1) is 33.6. The summed E-state index contributed by atoms with van der Waals surface area (Å²) in [5.41, 5.74) is 0.847. The SMILES string of the molecule is Cc1nc(NCC2CCC(c3cccc(C(F)(F)F)c3)O2)c(C)c(C(=O)N2CCC(N3CCC(N(C)S(C)(=O)=O)CC3)CC2)n1. The van der Waals surface area contributed by atoms with Gasteiger partial charge in [0.15, 0.2) is 0 Å². The van der Waals surface area contributed by atoms with Gasteiger partial charge in [0, 0.05) is 44.3 Å². The van der Waals surface area contributed by atoms with Crippen LogP contribution in [0.1, 0.15) is 77.6 Å². The first-order valence-electron chi connectivity index (χ1n) is 15.6. The average Bonchev–Trinajstić information content (AvgIpc) is 3.49. The van der Waals surface area contributed by atoms with Crippen molar-refractivity contribution in [3.8, 4) is 0 Å². The number of rotatable bonds is 8. The van der Waals surface area contributed by atoms with E-state index in [1.807, 2.05) is 11.8 Å². The highest BCUT2D eigenvalue weighted by Gasteiger charge is 2.35. The van der Waals surface area contributed by atoms with E-state index >= 15 is 0 Å². The second-order valence-electron chi connectivity index (χ2n) is 12.5. The van der Waals surface area contributed by atoms with Crippen LogP contribution in [0.5, 0.6) is 0 Å². The van der Waals surface area contributed by atoms with Gasteiger partial charge in [0.25, 0.3) is 5.91 Å². The molecule has 1 N–H and O–H groups in total.